The molecule has 1 aromatic rings. The van der Waals surface area contributed by atoms with E-state index >= 15 is 0 Å². The molecule has 0 bridgehead atoms. The molecule has 0 aliphatic heterocycles. The van der Waals surface area contributed by atoms with Crippen LogP contribution in [0.15, 0.2) is 29.7 Å². The molecule has 0 heterocycles. The van der Waals surface area contributed by atoms with E-state index in [1.807, 2.05) is 18.2 Å². The SMILES string of the molecule is C=C1c2cc(SF)ccc2C(C)(C)CC1C. The van der Waals surface area contributed by atoms with Crippen molar-refractivity contribution in [2.45, 2.75) is 37.5 Å². The molecule has 0 spiro atoms. The van der Waals surface area contributed by atoms with E-state index < -0.39 is 0 Å². The maximum absolute atomic E-state index is 12.6. The summed E-state index contributed by atoms with van der Waals surface area (Å²) in [5, 5.41) is 0. The molecule has 1 aliphatic carbocycles. The van der Waals surface area contributed by atoms with E-state index in [4.69, 9.17) is 0 Å². The molecule has 0 aromatic heterocycles. The second kappa shape index (κ2) is 3.92. The largest absolute Gasteiger partial charge is 0.160 e. The van der Waals surface area contributed by atoms with Gasteiger partial charge in [-0.3, -0.25) is 0 Å². The highest BCUT2D eigenvalue weighted by Gasteiger charge is 2.33. The Balaban J connectivity index is 2.59. The second-order valence-corrected chi connectivity index (χ2v) is 5.92. The molecule has 0 fully saturated rings. The first-order valence-corrected chi connectivity index (χ1v) is 6.29. The van der Waals surface area contributed by atoms with Crippen molar-refractivity contribution in [2.75, 3.05) is 0 Å². The molecule has 2 heteroatoms. The van der Waals surface area contributed by atoms with Gasteiger partial charge in [-0.15, -0.1) is 0 Å². The van der Waals surface area contributed by atoms with E-state index in [0.29, 0.717) is 23.0 Å². The summed E-state index contributed by atoms with van der Waals surface area (Å²) < 4.78 is 12.6. The van der Waals surface area contributed by atoms with Crippen LogP contribution in [0, 0.1) is 5.92 Å². The van der Waals surface area contributed by atoms with Gasteiger partial charge in [0, 0.05) is 4.90 Å². The minimum Gasteiger partial charge on any atom is -0.160 e. The number of rotatable bonds is 1. The Hall–Kier alpha value is -0.760. The molecule has 1 aliphatic rings. The molecule has 0 radical (unpaired) electrons. The molecule has 0 N–H and O–H groups in total. The molecule has 0 nitrogen and oxygen atoms in total. The molecule has 86 valence electrons. The Labute approximate surface area is 101 Å². The number of fused-ring (bicyclic) bond motifs is 1. The molecular weight excluding hydrogens is 219 g/mol. The average Bonchev–Trinajstić information content (AvgIpc) is 2.25. The Morgan fingerprint density at radius 1 is 1.44 bits per heavy atom. The number of allylic oxidation sites excluding steroid dienone is 1. The van der Waals surface area contributed by atoms with Crippen LogP contribution >= 0.6 is 12.1 Å². The first-order chi connectivity index (χ1) is 7.45. The van der Waals surface area contributed by atoms with Gasteiger partial charge in [0.05, 0.1) is 12.1 Å². The van der Waals surface area contributed by atoms with Crippen molar-refractivity contribution in [2.24, 2.45) is 5.92 Å². The van der Waals surface area contributed by atoms with Crippen molar-refractivity contribution < 1.29 is 3.89 Å². The van der Waals surface area contributed by atoms with Crippen molar-refractivity contribution in [1.29, 1.82) is 0 Å². The van der Waals surface area contributed by atoms with E-state index in [1.165, 1.54) is 5.56 Å². The van der Waals surface area contributed by atoms with Crippen LogP contribution in [0.25, 0.3) is 5.57 Å². The standard InChI is InChI=1S/C14H17FS/c1-9-8-14(3,4)13-6-5-11(16-15)7-12(13)10(9)2/h5-7,9H,2,8H2,1,3-4H3. The smallest absolute Gasteiger partial charge is 0.0812 e. The Morgan fingerprint density at radius 3 is 2.75 bits per heavy atom. The number of hydrogen-bond acceptors (Lipinski definition) is 1. The zero-order chi connectivity index (χ0) is 11.9. The molecule has 16 heavy (non-hydrogen) atoms. The van der Waals surface area contributed by atoms with Crippen LogP contribution in [0.2, 0.25) is 0 Å². The zero-order valence-electron chi connectivity index (χ0n) is 10.0. The van der Waals surface area contributed by atoms with Crippen LogP contribution in [0.3, 0.4) is 0 Å². The number of halogens is 1. The summed E-state index contributed by atoms with van der Waals surface area (Å²) in [4.78, 5) is 0.671. The van der Waals surface area contributed by atoms with Crippen molar-refractivity contribution in [1.82, 2.24) is 0 Å². The van der Waals surface area contributed by atoms with E-state index in [9.17, 15) is 3.89 Å². The predicted molar refractivity (Wildman–Crippen MR) is 69.2 cm³/mol. The molecule has 1 unspecified atom stereocenters. The monoisotopic (exact) mass is 236 g/mol. The van der Waals surface area contributed by atoms with E-state index in [0.717, 1.165) is 17.6 Å². The zero-order valence-corrected chi connectivity index (χ0v) is 10.8. The van der Waals surface area contributed by atoms with Crippen molar-refractivity contribution in [3.8, 4) is 0 Å². The topological polar surface area (TPSA) is 0 Å². The van der Waals surface area contributed by atoms with Gasteiger partial charge in [-0.1, -0.05) is 33.4 Å². The molecule has 0 saturated heterocycles. The fraction of sp³-hybridized carbons (Fsp3) is 0.429. The minimum absolute atomic E-state index is 0.162. The molecule has 1 aromatic carbocycles. The number of hydrogen-bond donors (Lipinski definition) is 0. The molecule has 2 rings (SSSR count). The lowest BCUT2D eigenvalue weighted by molar-refractivity contribution is 0.414. The Bertz CT molecular complexity index is 434. The first-order valence-electron chi connectivity index (χ1n) is 5.58. The fourth-order valence-corrected chi connectivity index (χ4v) is 2.97. The lowest BCUT2D eigenvalue weighted by Gasteiger charge is -2.37. The highest BCUT2D eigenvalue weighted by Crippen LogP contribution is 2.45. The summed E-state index contributed by atoms with van der Waals surface area (Å²) in [7, 11) is 0. The van der Waals surface area contributed by atoms with E-state index in [2.05, 4.69) is 27.4 Å². The maximum Gasteiger partial charge on any atom is 0.0812 e. The van der Waals surface area contributed by atoms with Crippen LogP contribution in [0.5, 0.6) is 0 Å². The van der Waals surface area contributed by atoms with E-state index in [-0.39, 0.29) is 5.41 Å². The number of benzene rings is 1. The highest BCUT2D eigenvalue weighted by molar-refractivity contribution is 7.94. The van der Waals surface area contributed by atoms with Crippen LogP contribution in [0.4, 0.5) is 3.89 Å². The average molecular weight is 236 g/mol. The summed E-state index contributed by atoms with van der Waals surface area (Å²) >= 11 is 0.304. The summed E-state index contributed by atoms with van der Waals surface area (Å²) in [6.45, 7) is 10.8. The lowest BCUT2D eigenvalue weighted by atomic mass is 9.67. The lowest BCUT2D eigenvalue weighted by Crippen LogP contribution is -2.27. The summed E-state index contributed by atoms with van der Waals surface area (Å²) in [6.07, 6.45) is 1.11. The normalized spacial score (nSPS) is 23.0. The van der Waals surface area contributed by atoms with Gasteiger partial charge in [-0.05, 0) is 46.6 Å². The van der Waals surface area contributed by atoms with Gasteiger partial charge in [0.2, 0.25) is 0 Å². The third-order valence-corrected chi connectivity index (χ3v) is 4.00. The van der Waals surface area contributed by atoms with Gasteiger partial charge in [0.25, 0.3) is 0 Å². The summed E-state index contributed by atoms with van der Waals surface area (Å²) in [6, 6.07) is 5.84. The van der Waals surface area contributed by atoms with Crippen LogP contribution in [-0.2, 0) is 5.41 Å². The summed E-state index contributed by atoms with van der Waals surface area (Å²) in [5.41, 5.74) is 3.75. The van der Waals surface area contributed by atoms with E-state index in [1.54, 1.807) is 0 Å². The quantitative estimate of drug-likeness (QED) is 0.661. The van der Waals surface area contributed by atoms with Gasteiger partial charge in [0.15, 0.2) is 0 Å². The van der Waals surface area contributed by atoms with Gasteiger partial charge in [0.1, 0.15) is 0 Å². The first kappa shape index (κ1) is 11.7. The molecule has 0 saturated carbocycles. The Kier molecular flexibility index (Phi) is 2.87. The van der Waals surface area contributed by atoms with Crippen LogP contribution in [0.1, 0.15) is 38.3 Å². The third kappa shape index (κ3) is 1.80. The minimum atomic E-state index is 0.162. The van der Waals surface area contributed by atoms with Crippen molar-refractivity contribution >= 4 is 17.7 Å². The second-order valence-electron chi connectivity index (χ2n) is 5.30. The highest BCUT2D eigenvalue weighted by atomic mass is 32.2. The Morgan fingerprint density at radius 2 is 2.12 bits per heavy atom. The van der Waals surface area contributed by atoms with Crippen LogP contribution in [-0.4, -0.2) is 0 Å². The third-order valence-electron chi connectivity index (χ3n) is 3.57. The van der Waals surface area contributed by atoms with Crippen molar-refractivity contribution in [3.05, 3.63) is 35.9 Å². The van der Waals surface area contributed by atoms with Crippen molar-refractivity contribution in [3.63, 3.8) is 0 Å². The molecule has 1 atom stereocenters. The van der Waals surface area contributed by atoms with Gasteiger partial charge < -0.3 is 0 Å². The van der Waals surface area contributed by atoms with Crippen LogP contribution < -0.4 is 0 Å². The summed E-state index contributed by atoms with van der Waals surface area (Å²) in [5.74, 6) is 0.474. The van der Waals surface area contributed by atoms with Gasteiger partial charge in [-0.2, -0.15) is 3.89 Å². The molecule has 0 amide bonds. The predicted octanol–water partition coefficient (Wildman–Crippen LogP) is 4.99. The van der Waals surface area contributed by atoms with Gasteiger partial charge in [-0.25, -0.2) is 0 Å². The van der Waals surface area contributed by atoms with Gasteiger partial charge >= 0.3 is 0 Å². The fourth-order valence-electron chi connectivity index (χ4n) is 2.69. The molecular formula is C14H17FS. The maximum atomic E-state index is 12.6.